The van der Waals surface area contributed by atoms with Crippen LogP contribution in [0.25, 0.3) is 22.0 Å². The first-order chi connectivity index (χ1) is 13.4. The number of nitriles is 1. The van der Waals surface area contributed by atoms with E-state index in [0.717, 1.165) is 59.0 Å². The number of aliphatic hydroxyl groups excluding tert-OH is 1. The van der Waals surface area contributed by atoms with Gasteiger partial charge in [0.15, 0.2) is 0 Å². The number of pyridine rings is 1. The molecule has 1 fully saturated rings. The van der Waals surface area contributed by atoms with Gasteiger partial charge in [0.05, 0.1) is 34.6 Å². The summed E-state index contributed by atoms with van der Waals surface area (Å²) in [5.74, 6) is 0. The number of halogens is 1. The van der Waals surface area contributed by atoms with E-state index in [1.807, 2.05) is 13.0 Å². The van der Waals surface area contributed by atoms with Crippen molar-refractivity contribution in [1.82, 2.24) is 9.55 Å². The summed E-state index contributed by atoms with van der Waals surface area (Å²) in [5.41, 5.74) is 12.0. The molecule has 3 aromatic rings. The summed E-state index contributed by atoms with van der Waals surface area (Å²) in [4.78, 5) is 4.24. The first-order valence-corrected chi connectivity index (χ1v) is 9.92. The Hall–Kier alpha value is -2.55. The lowest BCUT2D eigenvalue weighted by Crippen LogP contribution is -2.21. The number of aliphatic hydroxyl groups is 1. The summed E-state index contributed by atoms with van der Waals surface area (Å²) in [6, 6.07) is 6.63. The summed E-state index contributed by atoms with van der Waals surface area (Å²) in [5, 5.41) is 21.0. The van der Waals surface area contributed by atoms with Crippen LogP contribution in [0.2, 0.25) is 5.02 Å². The fourth-order valence-electron chi connectivity index (χ4n) is 4.47. The van der Waals surface area contributed by atoms with Crippen LogP contribution in [0.3, 0.4) is 0 Å². The molecule has 2 heterocycles. The van der Waals surface area contributed by atoms with E-state index in [1.165, 1.54) is 0 Å². The molecule has 0 spiro atoms. The van der Waals surface area contributed by atoms with E-state index < -0.39 is 0 Å². The molecule has 0 aliphatic heterocycles. The van der Waals surface area contributed by atoms with Crippen molar-refractivity contribution in [2.45, 2.75) is 51.7 Å². The van der Waals surface area contributed by atoms with Crippen LogP contribution in [0.1, 0.15) is 48.5 Å². The number of nitrogens with zero attached hydrogens (tertiary/aromatic N) is 3. The van der Waals surface area contributed by atoms with Crippen LogP contribution in [-0.2, 0) is 0 Å². The standard InChI is InChI=1S/C22H23ClN4O/c1-12-7-20-17(8-14(12)9-24)21(18-10-26-11-19(25)22(18)23)13(2)27(20)15-3-5-16(28)6-4-15/h7-8,10-11,15-16,28H,3-6,25H2,1-2H3/t15-,16-. The molecule has 1 aromatic carbocycles. The molecule has 0 saturated heterocycles. The second-order valence-electron chi connectivity index (χ2n) is 7.68. The van der Waals surface area contributed by atoms with Crippen LogP contribution in [0.4, 0.5) is 5.69 Å². The molecule has 6 heteroatoms. The Morgan fingerprint density at radius 3 is 2.61 bits per heavy atom. The van der Waals surface area contributed by atoms with Gasteiger partial charge in [-0.1, -0.05) is 11.6 Å². The molecule has 28 heavy (non-hydrogen) atoms. The van der Waals surface area contributed by atoms with Gasteiger partial charge < -0.3 is 15.4 Å². The van der Waals surface area contributed by atoms with Gasteiger partial charge in [-0.3, -0.25) is 4.98 Å². The number of nitrogens with two attached hydrogens (primary N) is 1. The molecular weight excluding hydrogens is 372 g/mol. The van der Waals surface area contributed by atoms with Crippen molar-refractivity contribution < 1.29 is 5.11 Å². The van der Waals surface area contributed by atoms with Crippen LogP contribution in [0, 0.1) is 25.2 Å². The summed E-state index contributed by atoms with van der Waals surface area (Å²) >= 11 is 6.55. The zero-order valence-corrected chi connectivity index (χ0v) is 16.8. The van der Waals surface area contributed by atoms with Crippen molar-refractivity contribution in [1.29, 1.82) is 5.26 Å². The minimum Gasteiger partial charge on any atom is -0.396 e. The highest BCUT2D eigenvalue weighted by molar-refractivity contribution is 6.36. The normalized spacial score (nSPS) is 19.7. The van der Waals surface area contributed by atoms with Crippen LogP contribution < -0.4 is 5.73 Å². The second-order valence-corrected chi connectivity index (χ2v) is 8.06. The smallest absolute Gasteiger partial charge is 0.0994 e. The van der Waals surface area contributed by atoms with Crippen molar-refractivity contribution in [3.8, 4) is 17.2 Å². The third-order valence-electron chi connectivity index (χ3n) is 5.92. The molecule has 0 radical (unpaired) electrons. The Kier molecular flexibility index (Phi) is 4.78. The highest BCUT2D eigenvalue weighted by Gasteiger charge is 2.27. The average molecular weight is 395 g/mol. The van der Waals surface area contributed by atoms with Gasteiger partial charge in [0.1, 0.15) is 0 Å². The third-order valence-corrected chi connectivity index (χ3v) is 6.34. The van der Waals surface area contributed by atoms with Gasteiger partial charge in [0.25, 0.3) is 0 Å². The fourth-order valence-corrected chi connectivity index (χ4v) is 4.66. The van der Waals surface area contributed by atoms with Gasteiger partial charge in [-0.2, -0.15) is 5.26 Å². The van der Waals surface area contributed by atoms with E-state index in [1.54, 1.807) is 12.4 Å². The topological polar surface area (TPSA) is 87.9 Å². The molecule has 0 unspecified atom stereocenters. The van der Waals surface area contributed by atoms with Crippen LogP contribution in [0.5, 0.6) is 0 Å². The van der Waals surface area contributed by atoms with Crippen molar-refractivity contribution in [2.24, 2.45) is 0 Å². The summed E-state index contributed by atoms with van der Waals surface area (Å²) in [7, 11) is 0. The molecule has 3 N–H and O–H groups in total. The first kappa shape index (κ1) is 18.8. The zero-order valence-electron chi connectivity index (χ0n) is 16.0. The quantitative estimate of drug-likeness (QED) is 0.646. The Morgan fingerprint density at radius 1 is 1.21 bits per heavy atom. The summed E-state index contributed by atoms with van der Waals surface area (Å²) in [6.45, 7) is 4.05. The number of benzene rings is 1. The number of hydrogen-bond acceptors (Lipinski definition) is 4. The predicted molar refractivity (Wildman–Crippen MR) is 112 cm³/mol. The van der Waals surface area contributed by atoms with Crippen molar-refractivity contribution in [3.63, 3.8) is 0 Å². The summed E-state index contributed by atoms with van der Waals surface area (Å²) < 4.78 is 2.35. The Balaban J connectivity index is 2.03. The lowest BCUT2D eigenvalue weighted by molar-refractivity contribution is 0.111. The van der Waals surface area contributed by atoms with E-state index >= 15 is 0 Å². The second kappa shape index (κ2) is 7.12. The monoisotopic (exact) mass is 394 g/mol. The number of aromatic nitrogens is 2. The number of hydrogen-bond donors (Lipinski definition) is 2. The average Bonchev–Trinajstić information content (AvgIpc) is 2.95. The molecule has 1 saturated carbocycles. The van der Waals surface area contributed by atoms with Crippen LogP contribution >= 0.6 is 11.6 Å². The minimum absolute atomic E-state index is 0.211. The third kappa shape index (κ3) is 2.94. The van der Waals surface area contributed by atoms with Gasteiger partial charge in [0.2, 0.25) is 0 Å². The van der Waals surface area contributed by atoms with Gasteiger partial charge in [-0.15, -0.1) is 0 Å². The predicted octanol–water partition coefficient (Wildman–Crippen LogP) is 4.90. The molecular formula is C22H23ClN4O. The lowest BCUT2D eigenvalue weighted by atomic mass is 9.92. The van der Waals surface area contributed by atoms with Gasteiger partial charge in [-0.05, 0) is 57.2 Å². The zero-order chi connectivity index (χ0) is 20.0. The molecule has 4 rings (SSSR count). The fraction of sp³-hybridized carbons (Fsp3) is 0.364. The van der Waals surface area contributed by atoms with E-state index in [9.17, 15) is 10.4 Å². The Morgan fingerprint density at radius 2 is 1.93 bits per heavy atom. The lowest BCUT2D eigenvalue weighted by Gasteiger charge is -2.28. The van der Waals surface area contributed by atoms with Gasteiger partial charge in [0, 0.05) is 40.0 Å². The largest absolute Gasteiger partial charge is 0.396 e. The van der Waals surface area contributed by atoms with E-state index in [0.29, 0.717) is 22.3 Å². The minimum atomic E-state index is -0.211. The number of anilines is 1. The molecule has 0 amide bonds. The van der Waals surface area contributed by atoms with E-state index in [-0.39, 0.29) is 6.10 Å². The van der Waals surface area contributed by atoms with Crippen molar-refractivity contribution in [3.05, 3.63) is 46.4 Å². The molecule has 1 aliphatic carbocycles. The molecule has 1 aliphatic rings. The van der Waals surface area contributed by atoms with Crippen LogP contribution in [-0.4, -0.2) is 20.8 Å². The maximum absolute atomic E-state index is 9.93. The number of fused-ring (bicyclic) bond motifs is 1. The van der Waals surface area contributed by atoms with Gasteiger partial charge in [-0.25, -0.2) is 0 Å². The Bertz CT molecular complexity index is 1100. The molecule has 2 aromatic heterocycles. The highest BCUT2D eigenvalue weighted by atomic mass is 35.5. The number of nitrogen functional groups attached to an aromatic ring is 1. The summed E-state index contributed by atoms with van der Waals surface area (Å²) in [6.07, 6.45) is 6.52. The first-order valence-electron chi connectivity index (χ1n) is 9.55. The molecule has 5 nitrogen and oxygen atoms in total. The number of aryl methyl sites for hydroxylation is 1. The molecule has 0 atom stereocenters. The van der Waals surface area contributed by atoms with E-state index in [2.05, 4.69) is 28.6 Å². The highest BCUT2D eigenvalue weighted by Crippen LogP contribution is 2.43. The molecule has 0 bridgehead atoms. The van der Waals surface area contributed by atoms with E-state index in [4.69, 9.17) is 17.3 Å². The maximum Gasteiger partial charge on any atom is 0.0994 e. The molecule has 144 valence electrons. The number of rotatable bonds is 2. The van der Waals surface area contributed by atoms with Crippen LogP contribution in [0.15, 0.2) is 24.5 Å². The SMILES string of the molecule is Cc1cc2c(cc1C#N)c(-c1cncc(N)c1Cl)c(C)n2[C@H]1CC[C@H](O)CC1. The van der Waals surface area contributed by atoms with Crippen molar-refractivity contribution >= 4 is 28.2 Å². The van der Waals surface area contributed by atoms with Crippen molar-refractivity contribution in [2.75, 3.05) is 5.73 Å². The Labute approximate surface area is 169 Å². The van der Waals surface area contributed by atoms with Gasteiger partial charge >= 0.3 is 0 Å². The maximum atomic E-state index is 9.93.